The van der Waals surface area contributed by atoms with Crippen molar-refractivity contribution in [1.29, 1.82) is 0 Å². The van der Waals surface area contributed by atoms with Crippen molar-refractivity contribution in [1.82, 2.24) is 20.0 Å². The number of nitrogens with one attached hydrogen (secondary N) is 2. The zero-order valence-corrected chi connectivity index (χ0v) is 22.4. The van der Waals surface area contributed by atoms with E-state index < -0.39 is 0 Å². The van der Waals surface area contributed by atoms with Gasteiger partial charge in [0.15, 0.2) is 5.84 Å². The van der Waals surface area contributed by atoms with Crippen LogP contribution < -0.4 is 5.32 Å². The van der Waals surface area contributed by atoms with E-state index >= 15 is 0 Å². The summed E-state index contributed by atoms with van der Waals surface area (Å²) in [6.45, 7) is 11.6. The molecule has 196 valence electrons. The van der Waals surface area contributed by atoms with Crippen LogP contribution in [0.2, 0.25) is 0 Å². The lowest BCUT2D eigenvalue weighted by Crippen LogP contribution is -2.43. The van der Waals surface area contributed by atoms with Crippen LogP contribution in [0.5, 0.6) is 0 Å². The van der Waals surface area contributed by atoms with Gasteiger partial charge in [0.25, 0.3) is 0 Å². The summed E-state index contributed by atoms with van der Waals surface area (Å²) in [5, 5.41) is 12.0. The van der Waals surface area contributed by atoms with Crippen molar-refractivity contribution in [2.45, 2.75) is 32.6 Å². The minimum absolute atomic E-state index is 0.0565. The maximum atomic E-state index is 5.53. The lowest BCUT2D eigenvalue weighted by Gasteiger charge is -2.35. The molecule has 0 saturated carbocycles. The number of aromatic nitrogens is 2. The number of H-pyrrole nitrogens is 1. The first-order chi connectivity index (χ1) is 18.4. The van der Waals surface area contributed by atoms with Gasteiger partial charge in [0.2, 0.25) is 0 Å². The molecule has 6 rings (SSSR count). The minimum atomic E-state index is 0.0565. The standard InChI is InChI=1S/C31H36N6O/c1-22-4-11-29-30(33-26-9-7-25(8-10-26)31(2,3)21-36-14-16-38-17-15-36)34-28(20-37(29)13-12-22)23-5-6-24-19-32-35-27(24)18-23/h5-13,18-20,22H,4,14-17,21H2,1-3H3,(H,32,35)(H,33,34). The molecule has 3 aliphatic rings. The molecule has 2 aromatic carbocycles. The van der Waals surface area contributed by atoms with Crippen molar-refractivity contribution in [3.8, 4) is 0 Å². The van der Waals surface area contributed by atoms with Gasteiger partial charge in [-0.1, -0.05) is 57.2 Å². The highest BCUT2D eigenvalue weighted by atomic mass is 16.5. The second-order valence-electron chi connectivity index (χ2n) is 11.2. The number of anilines is 1. The van der Waals surface area contributed by atoms with Crippen molar-refractivity contribution in [2.24, 2.45) is 10.9 Å². The van der Waals surface area contributed by atoms with Gasteiger partial charge in [-0.3, -0.25) is 10.00 Å². The Balaban J connectivity index is 1.27. The van der Waals surface area contributed by atoms with E-state index in [9.17, 15) is 0 Å². The monoisotopic (exact) mass is 508 g/mol. The first-order valence-corrected chi connectivity index (χ1v) is 13.5. The number of fused-ring (bicyclic) bond motifs is 2. The molecule has 0 spiro atoms. The fraction of sp³-hybridized carbons (Fsp3) is 0.355. The van der Waals surface area contributed by atoms with E-state index in [2.05, 4.69) is 113 Å². The first-order valence-electron chi connectivity index (χ1n) is 13.5. The lowest BCUT2D eigenvalue weighted by molar-refractivity contribution is 0.0295. The van der Waals surface area contributed by atoms with Crippen LogP contribution in [0, 0.1) is 5.92 Å². The summed E-state index contributed by atoms with van der Waals surface area (Å²) in [6, 6.07) is 15.1. The molecular formula is C31H36N6O. The van der Waals surface area contributed by atoms with Crippen LogP contribution in [0.1, 0.15) is 38.3 Å². The number of morpholine rings is 1. The largest absolute Gasteiger partial charge is 0.379 e. The van der Waals surface area contributed by atoms with Crippen LogP contribution >= 0.6 is 0 Å². The second-order valence-corrected chi connectivity index (χ2v) is 11.2. The molecule has 7 nitrogen and oxygen atoms in total. The Hall–Kier alpha value is -3.68. The van der Waals surface area contributed by atoms with Gasteiger partial charge in [-0.15, -0.1) is 0 Å². The highest BCUT2D eigenvalue weighted by molar-refractivity contribution is 6.11. The van der Waals surface area contributed by atoms with E-state index in [1.807, 2.05) is 6.20 Å². The van der Waals surface area contributed by atoms with E-state index in [-0.39, 0.29) is 5.41 Å². The van der Waals surface area contributed by atoms with Crippen molar-refractivity contribution < 1.29 is 4.74 Å². The third-order valence-electron chi connectivity index (χ3n) is 7.66. The Kier molecular flexibility index (Phi) is 6.64. The summed E-state index contributed by atoms with van der Waals surface area (Å²) in [7, 11) is 0. The van der Waals surface area contributed by atoms with Gasteiger partial charge in [0.05, 0.1) is 36.3 Å². The smallest absolute Gasteiger partial charge is 0.155 e. The number of rotatable bonds is 5. The molecule has 0 aliphatic carbocycles. The molecule has 2 N–H and O–H groups in total. The van der Waals surface area contributed by atoms with E-state index in [1.54, 1.807) is 0 Å². The predicted octanol–water partition coefficient (Wildman–Crippen LogP) is 5.73. The molecule has 1 saturated heterocycles. The predicted molar refractivity (Wildman–Crippen MR) is 155 cm³/mol. The first kappa shape index (κ1) is 24.6. The topological polar surface area (TPSA) is 68.8 Å². The maximum Gasteiger partial charge on any atom is 0.155 e. The molecule has 0 amide bonds. The number of allylic oxidation sites excluding steroid dienone is 2. The van der Waals surface area contributed by atoms with Crippen molar-refractivity contribution in [3.05, 3.63) is 90.0 Å². The summed E-state index contributed by atoms with van der Waals surface area (Å²) in [6.07, 6.45) is 11.6. The third kappa shape index (κ3) is 5.17. The molecular weight excluding hydrogens is 472 g/mol. The fourth-order valence-corrected chi connectivity index (χ4v) is 5.35. The van der Waals surface area contributed by atoms with Crippen LogP contribution in [0.15, 0.2) is 83.9 Å². The average Bonchev–Trinajstić information content (AvgIpc) is 3.31. The fourth-order valence-electron chi connectivity index (χ4n) is 5.35. The maximum absolute atomic E-state index is 5.53. The van der Waals surface area contributed by atoms with E-state index in [1.165, 1.54) is 5.56 Å². The Labute approximate surface area is 224 Å². The van der Waals surface area contributed by atoms with Crippen LogP contribution in [0.25, 0.3) is 16.6 Å². The van der Waals surface area contributed by atoms with Gasteiger partial charge in [0.1, 0.15) is 0 Å². The summed E-state index contributed by atoms with van der Waals surface area (Å²) >= 11 is 0. The van der Waals surface area contributed by atoms with E-state index in [4.69, 9.17) is 9.73 Å². The third-order valence-corrected chi connectivity index (χ3v) is 7.66. The lowest BCUT2D eigenvalue weighted by atomic mass is 9.84. The molecule has 3 aliphatic heterocycles. The zero-order valence-electron chi connectivity index (χ0n) is 22.4. The summed E-state index contributed by atoms with van der Waals surface area (Å²) < 4.78 is 5.53. The molecule has 1 fully saturated rings. The van der Waals surface area contributed by atoms with Gasteiger partial charge in [-0.2, -0.15) is 5.10 Å². The number of benzene rings is 2. The minimum Gasteiger partial charge on any atom is -0.379 e. The summed E-state index contributed by atoms with van der Waals surface area (Å²) in [5.41, 5.74) is 6.46. The second kappa shape index (κ2) is 10.2. The number of hydrogen-bond donors (Lipinski definition) is 2. The molecule has 38 heavy (non-hydrogen) atoms. The summed E-state index contributed by atoms with van der Waals surface area (Å²) in [5.74, 6) is 1.33. The van der Waals surface area contributed by atoms with Crippen molar-refractivity contribution >= 4 is 28.1 Å². The van der Waals surface area contributed by atoms with Crippen molar-refractivity contribution in [2.75, 3.05) is 38.2 Å². The Morgan fingerprint density at radius 3 is 2.74 bits per heavy atom. The molecule has 1 atom stereocenters. The number of aliphatic imine (C=N–C) groups is 1. The summed E-state index contributed by atoms with van der Waals surface area (Å²) in [4.78, 5) is 9.80. The van der Waals surface area contributed by atoms with Crippen LogP contribution in [0.4, 0.5) is 5.69 Å². The Morgan fingerprint density at radius 1 is 1.11 bits per heavy atom. The number of aromatic amines is 1. The van der Waals surface area contributed by atoms with Crippen LogP contribution in [0.3, 0.4) is 0 Å². The highest BCUT2D eigenvalue weighted by Crippen LogP contribution is 2.31. The quantitative estimate of drug-likeness (QED) is 0.460. The Morgan fingerprint density at radius 2 is 1.92 bits per heavy atom. The molecule has 3 aromatic rings. The number of hydrogen-bond acceptors (Lipinski definition) is 6. The zero-order chi connectivity index (χ0) is 26.1. The normalized spacial score (nSPS) is 20.4. The highest BCUT2D eigenvalue weighted by Gasteiger charge is 2.26. The Bertz CT molecular complexity index is 1420. The van der Waals surface area contributed by atoms with Crippen LogP contribution in [-0.4, -0.2) is 58.7 Å². The van der Waals surface area contributed by atoms with Crippen LogP contribution in [-0.2, 0) is 10.2 Å². The van der Waals surface area contributed by atoms with Gasteiger partial charge in [-0.05, 0) is 36.1 Å². The number of ether oxygens (including phenoxy) is 1. The number of amidine groups is 1. The van der Waals surface area contributed by atoms with Gasteiger partial charge in [-0.25, -0.2) is 4.99 Å². The molecule has 7 heteroatoms. The SMILES string of the molecule is CC1C=CN2C=C(c3ccc4cn[nH]c4c3)N=C(Nc3ccc(C(C)(C)CN4CCOCC4)cc3)C2=CC1. The number of nitrogens with zero attached hydrogens (tertiary/aromatic N) is 4. The van der Waals surface area contributed by atoms with E-state index in [0.717, 1.165) is 78.7 Å². The van der Waals surface area contributed by atoms with Gasteiger partial charge in [0, 0.05) is 54.1 Å². The molecule has 4 heterocycles. The average molecular weight is 509 g/mol. The van der Waals surface area contributed by atoms with Gasteiger partial charge >= 0.3 is 0 Å². The van der Waals surface area contributed by atoms with Crippen molar-refractivity contribution in [3.63, 3.8) is 0 Å². The molecule has 1 unspecified atom stereocenters. The molecule has 0 bridgehead atoms. The van der Waals surface area contributed by atoms with Gasteiger partial charge < -0.3 is 15.0 Å². The van der Waals surface area contributed by atoms with E-state index in [0.29, 0.717) is 5.92 Å². The molecule has 1 aromatic heterocycles. The molecule has 0 radical (unpaired) electrons.